The SMILES string of the molecule is Cc1ccc(C(=O)C(S)=C(Nc2cccc(Cl)c2)[n+]2ccccc2)cc1. The zero-order chi connectivity index (χ0) is 18.5. The van der Waals surface area contributed by atoms with Crippen LogP contribution in [0.4, 0.5) is 5.69 Å². The molecule has 130 valence electrons. The second kappa shape index (κ2) is 8.21. The second-order valence-corrected chi connectivity index (χ2v) is 6.69. The predicted octanol–water partition coefficient (Wildman–Crippen LogP) is 4.99. The molecule has 26 heavy (non-hydrogen) atoms. The lowest BCUT2D eigenvalue weighted by atomic mass is 10.1. The number of ketones is 1. The molecule has 1 aromatic heterocycles. The molecule has 3 aromatic rings. The van der Waals surface area contributed by atoms with E-state index in [0.717, 1.165) is 11.3 Å². The minimum atomic E-state index is -0.158. The minimum Gasteiger partial charge on any atom is -0.288 e. The Morgan fingerprint density at radius 1 is 1.00 bits per heavy atom. The van der Waals surface area contributed by atoms with Crippen LogP contribution in [0.1, 0.15) is 15.9 Å². The Balaban J connectivity index is 2.05. The van der Waals surface area contributed by atoms with Crippen LogP contribution in [0, 0.1) is 6.92 Å². The van der Waals surface area contributed by atoms with Gasteiger partial charge in [-0.1, -0.05) is 53.6 Å². The van der Waals surface area contributed by atoms with Crippen molar-refractivity contribution >= 4 is 41.5 Å². The van der Waals surface area contributed by atoms with Gasteiger partial charge in [0, 0.05) is 16.7 Å². The van der Waals surface area contributed by atoms with Gasteiger partial charge in [-0.2, -0.15) is 0 Å². The largest absolute Gasteiger partial charge is 0.301 e. The van der Waals surface area contributed by atoms with E-state index in [-0.39, 0.29) is 5.78 Å². The van der Waals surface area contributed by atoms with E-state index in [1.807, 2.05) is 66.3 Å². The summed E-state index contributed by atoms with van der Waals surface area (Å²) in [7, 11) is 0. The first kappa shape index (κ1) is 18.2. The van der Waals surface area contributed by atoms with Crippen molar-refractivity contribution in [1.29, 1.82) is 0 Å². The first-order valence-corrected chi connectivity index (χ1v) is 8.91. The maximum absolute atomic E-state index is 12.9. The van der Waals surface area contributed by atoms with Gasteiger partial charge in [0.1, 0.15) is 10.6 Å². The predicted molar refractivity (Wildman–Crippen MR) is 109 cm³/mol. The fourth-order valence-corrected chi connectivity index (χ4v) is 2.94. The summed E-state index contributed by atoms with van der Waals surface area (Å²) in [5.74, 6) is 0.399. The standard InChI is InChI=1S/C21H17ClN2OS/c1-15-8-10-16(11-9-15)19(25)20(26)21(24-12-3-2-4-13-24)23-18-7-5-6-17(22)14-18/h2-14H,1H3,(H-,23,25,26)/p+1. The molecule has 0 saturated heterocycles. The van der Waals surface area contributed by atoms with E-state index < -0.39 is 0 Å². The summed E-state index contributed by atoms with van der Waals surface area (Å²) in [6, 6.07) is 20.4. The Hall–Kier alpha value is -2.56. The normalized spacial score (nSPS) is 11.7. The summed E-state index contributed by atoms with van der Waals surface area (Å²) < 4.78 is 1.81. The van der Waals surface area contributed by atoms with Crippen molar-refractivity contribution in [3.8, 4) is 0 Å². The van der Waals surface area contributed by atoms with E-state index in [1.54, 1.807) is 24.3 Å². The number of halogens is 1. The van der Waals surface area contributed by atoms with Gasteiger partial charge in [-0.3, -0.25) is 4.79 Å². The number of anilines is 1. The van der Waals surface area contributed by atoms with Crippen LogP contribution in [-0.2, 0) is 0 Å². The van der Waals surface area contributed by atoms with Crippen LogP contribution < -0.4 is 9.88 Å². The molecule has 3 rings (SSSR count). The highest BCUT2D eigenvalue weighted by Crippen LogP contribution is 2.21. The quantitative estimate of drug-likeness (QED) is 0.282. The monoisotopic (exact) mass is 381 g/mol. The van der Waals surface area contributed by atoms with Gasteiger partial charge in [-0.05, 0) is 31.2 Å². The average molecular weight is 382 g/mol. The molecule has 0 bridgehead atoms. The maximum atomic E-state index is 12.9. The van der Waals surface area contributed by atoms with E-state index in [2.05, 4.69) is 17.9 Å². The van der Waals surface area contributed by atoms with E-state index in [1.165, 1.54) is 0 Å². The molecule has 0 fully saturated rings. The summed E-state index contributed by atoms with van der Waals surface area (Å²) in [5.41, 5.74) is 2.45. The lowest BCUT2D eigenvalue weighted by Crippen LogP contribution is -2.36. The molecule has 1 N–H and O–H groups in total. The van der Waals surface area contributed by atoms with Gasteiger partial charge in [0.15, 0.2) is 0 Å². The number of hydrogen-bond acceptors (Lipinski definition) is 3. The van der Waals surface area contributed by atoms with Crippen molar-refractivity contribution < 1.29 is 9.36 Å². The van der Waals surface area contributed by atoms with Crippen molar-refractivity contribution in [3.05, 3.63) is 100 Å². The van der Waals surface area contributed by atoms with Crippen LogP contribution in [0.15, 0.2) is 84.0 Å². The Labute approximate surface area is 163 Å². The summed E-state index contributed by atoms with van der Waals surface area (Å²) in [4.78, 5) is 13.2. The highest BCUT2D eigenvalue weighted by molar-refractivity contribution is 7.86. The molecule has 1 heterocycles. The number of Topliss-reactive ketones (excluding diaryl/α,β-unsaturated/α-hetero) is 1. The number of carbonyl (C=O) groups is 1. The molecular weight excluding hydrogens is 364 g/mol. The van der Waals surface area contributed by atoms with Gasteiger partial charge in [-0.25, -0.2) is 9.88 Å². The number of rotatable bonds is 5. The summed E-state index contributed by atoms with van der Waals surface area (Å²) in [5, 5.41) is 3.87. The van der Waals surface area contributed by atoms with Gasteiger partial charge in [-0.15, -0.1) is 12.6 Å². The zero-order valence-electron chi connectivity index (χ0n) is 14.2. The van der Waals surface area contributed by atoms with E-state index in [0.29, 0.717) is 21.3 Å². The van der Waals surface area contributed by atoms with Gasteiger partial charge in [0.25, 0.3) is 0 Å². The van der Waals surface area contributed by atoms with Crippen LogP contribution >= 0.6 is 24.2 Å². The molecule has 0 atom stereocenters. The van der Waals surface area contributed by atoms with Gasteiger partial charge in [0.2, 0.25) is 5.78 Å². The highest BCUT2D eigenvalue weighted by Gasteiger charge is 2.22. The molecule has 5 heteroatoms. The summed E-state index contributed by atoms with van der Waals surface area (Å²) in [6.07, 6.45) is 3.71. The molecule has 0 amide bonds. The van der Waals surface area contributed by atoms with Crippen LogP contribution in [-0.4, -0.2) is 5.78 Å². The fraction of sp³-hybridized carbons (Fsp3) is 0.0476. The first-order valence-electron chi connectivity index (χ1n) is 8.08. The first-order chi connectivity index (χ1) is 12.5. The van der Waals surface area contributed by atoms with Crippen molar-refractivity contribution in [2.75, 3.05) is 5.32 Å². The fourth-order valence-electron chi connectivity index (χ4n) is 2.45. The van der Waals surface area contributed by atoms with Gasteiger partial charge < -0.3 is 0 Å². The minimum absolute atomic E-state index is 0.158. The number of thiol groups is 1. The molecule has 2 aromatic carbocycles. The molecule has 0 aliphatic heterocycles. The molecule has 0 aliphatic carbocycles. The Bertz CT molecular complexity index is 953. The van der Waals surface area contributed by atoms with Crippen LogP contribution in [0.25, 0.3) is 5.82 Å². The molecule has 0 spiro atoms. The smallest absolute Gasteiger partial charge is 0.288 e. The van der Waals surface area contributed by atoms with E-state index in [9.17, 15) is 4.79 Å². The number of carbonyl (C=O) groups excluding carboxylic acids is 1. The van der Waals surface area contributed by atoms with Crippen molar-refractivity contribution in [1.82, 2.24) is 0 Å². The number of hydrogen-bond donors (Lipinski definition) is 2. The number of aryl methyl sites for hydroxylation is 1. The van der Waals surface area contributed by atoms with Crippen LogP contribution in [0.5, 0.6) is 0 Å². The summed E-state index contributed by atoms with van der Waals surface area (Å²) in [6.45, 7) is 1.98. The van der Waals surface area contributed by atoms with Gasteiger partial charge >= 0.3 is 5.82 Å². The topological polar surface area (TPSA) is 33.0 Å². The average Bonchev–Trinajstić information content (AvgIpc) is 2.66. The Morgan fingerprint density at radius 2 is 1.69 bits per heavy atom. The van der Waals surface area contributed by atoms with Crippen molar-refractivity contribution in [2.24, 2.45) is 0 Å². The van der Waals surface area contributed by atoms with E-state index >= 15 is 0 Å². The Kier molecular flexibility index (Phi) is 5.76. The number of aromatic nitrogens is 1. The van der Waals surface area contributed by atoms with Crippen LogP contribution in [0.2, 0.25) is 5.02 Å². The molecular formula is C21H18ClN2OS+. The number of allylic oxidation sites excluding steroid dienone is 1. The van der Waals surface area contributed by atoms with Crippen molar-refractivity contribution in [2.45, 2.75) is 6.92 Å². The number of nitrogens with one attached hydrogen (secondary N) is 1. The molecule has 0 aliphatic rings. The lowest BCUT2D eigenvalue weighted by molar-refractivity contribution is -0.580. The molecule has 0 saturated carbocycles. The van der Waals surface area contributed by atoms with Crippen LogP contribution in [0.3, 0.4) is 0 Å². The van der Waals surface area contributed by atoms with E-state index in [4.69, 9.17) is 11.6 Å². The van der Waals surface area contributed by atoms with Crippen molar-refractivity contribution in [3.63, 3.8) is 0 Å². The van der Waals surface area contributed by atoms with Gasteiger partial charge in [0.05, 0.1) is 12.4 Å². The number of benzene rings is 2. The number of nitrogens with zero attached hydrogens (tertiary/aromatic N) is 1. The molecule has 3 nitrogen and oxygen atoms in total. The number of pyridine rings is 1. The highest BCUT2D eigenvalue weighted by atomic mass is 35.5. The maximum Gasteiger partial charge on any atom is 0.301 e. The third-order valence-electron chi connectivity index (χ3n) is 3.81. The third kappa shape index (κ3) is 4.34. The second-order valence-electron chi connectivity index (χ2n) is 5.81. The Morgan fingerprint density at radius 3 is 2.35 bits per heavy atom. The third-order valence-corrected chi connectivity index (χ3v) is 4.46. The lowest BCUT2D eigenvalue weighted by Gasteiger charge is -2.09. The molecule has 0 unspecified atom stereocenters. The zero-order valence-corrected chi connectivity index (χ0v) is 15.8. The summed E-state index contributed by atoms with van der Waals surface area (Å²) >= 11 is 10.6. The molecule has 0 radical (unpaired) electrons.